The Hall–Kier alpha value is -1.51. The van der Waals surface area contributed by atoms with Crippen molar-refractivity contribution in [2.24, 2.45) is 0 Å². The van der Waals surface area contributed by atoms with E-state index >= 15 is 0 Å². The zero-order valence-corrected chi connectivity index (χ0v) is 11.5. The maximum Gasteiger partial charge on any atom is 0.407 e. The first-order chi connectivity index (χ1) is 8.47. The Balaban J connectivity index is 2.10. The molecule has 0 bridgehead atoms. The SMILES string of the molecule is CC(C)(C)OC(=O)NCCCC=C1C=CC=CC1. The van der Waals surface area contributed by atoms with Crippen molar-refractivity contribution < 1.29 is 9.53 Å². The zero-order valence-electron chi connectivity index (χ0n) is 11.5. The third-order valence-electron chi connectivity index (χ3n) is 2.37. The first-order valence-corrected chi connectivity index (χ1v) is 6.46. The summed E-state index contributed by atoms with van der Waals surface area (Å²) in [7, 11) is 0. The standard InChI is InChI=1S/C15H23NO2/c1-15(2,3)18-14(17)16-12-8-7-11-13-9-5-4-6-10-13/h4-6,9,11H,7-8,10,12H2,1-3H3,(H,16,17). The number of rotatable bonds is 4. The van der Waals surface area contributed by atoms with Gasteiger partial charge in [0.25, 0.3) is 0 Å². The van der Waals surface area contributed by atoms with Crippen LogP contribution in [0, 0.1) is 0 Å². The maximum absolute atomic E-state index is 11.4. The smallest absolute Gasteiger partial charge is 0.407 e. The van der Waals surface area contributed by atoms with Gasteiger partial charge in [-0.15, -0.1) is 0 Å². The molecule has 18 heavy (non-hydrogen) atoms. The number of carbonyl (C=O) groups excluding carboxylic acids is 1. The van der Waals surface area contributed by atoms with E-state index in [0.29, 0.717) is 6.54 Å². The molecule has 0 aromatic heterocycles. The van der Waals surface area contributed by atoms with Gasteiger partial charge >= 0.3 is 6.09 Å². The molecule has 0 unspecified atom stereocenters. The van der Waals surface area contributed by atoms with Crippen LogP contribution in [0.15, 0.2) is 36.0 Å². The molecule has 3 heteroatoms. The predicted octanol–water partition coefficient (Wildman–Crippen LogP) is 3.73. The molecule has 3 nitrogen and oxygen atoms in total. The van der Waals surface area contributed by atoms with Gasteiger partial charge in [-0.2, -0.15) is 0 Å². The number of amides is 1. The summed E-state index contributed by atoms with van der Waals surface area (Å²) in [5.74, 6) is 0. The van der Waals surface area contributed by atoms with Crippen LogP contribution in [0.5, 0.6) is 0 Å². The fourth-order valence-corrected chi connectivity index (χ4v) is 1.58. The van der Waals surface area contributed by atoms with Gasteiger partial charge in [0.15, 0.2) is 0 Å². The Morgan fingerprint density at radius 1 is 1.44 bits per heavy atom. The first kappa shape index (κ1) is 14.6. The third kappa shape index (κ3) is 6.94. The molecule has 1 N–H and O–H groups in total. The summed E-state index contributed by atoms with van der Waals surface area (Å²) in [4.78, 5) is 11.4. The van der Waals surface area contributed by atoms with Crippen LogP contribution in [0.25, 0.3) is 0 Å². The van der Waals surface area contributed by atoms with E-state index in [1.807, 2.05) is 26.8 Å². The minimum atomic E-state index is -0.425. The van der Waals surface area contributed by atoms with Crippen molar-refractivity contribution in [3.05, 3.63) is 36.0 Å². The Kier molecular flexibility index (Phi) is 5.69. The quantitative estimate of drug-likeness (QED) is 0.771. The molecule has 1 aliphatic carbocycles. The van der Waals surface area contributed by atoms with Crippen LogP contribution < -0.4 is 5.32 Å². The molecule has 1 aliphatic rings. The molecule has 0 saturated heterocycles. The van der Waals surface area contributed by atoms with E-state index in [4.69, 9.17) is 4.74 Å². The summed E-state index contributed by atoms with van der Waals surface area (Å²) in [6.07, 6.45) is 13.2. The monoisotopic (exact) mass is 249 g/mol. The molecule has 0 radical (unpaired) electrons. The number of alkyl carbamates (subject to hydrolysis) is 1. The van der Waals surface area contributed by atoms with Crippen molar-refractivity contribution in [3.63, 3.8) is 0 Å². The van der Waals surface area contributed by atoms with E-state index in [1.54, 1.807) is 0 Å². The number of carbonyl (C=O) groups is 1. The Labute approximate surface area is 110 Å². The van der Waals surface area contributed by atoms with Gasteiger partial charge in [0.2, 0.25) is 0 Å². The molecule has 0 aliphatic heterocycles. The second-order valence-corrected chi connectivity index (χ2v) is 5.34. The lowest BCUT2D eigenvalue weighted by Crippen LogP contribution is -2.32. The lowest BCUT2D eigenvalue weighted by atomic mass is 10.1. The van der Waals surface area contributed by atoms with Gasteiger partial charge in [-0.1, -0.05) is 30.4 Å². The lowest BCUT2D eigenvalue weighted by molar-refractivity contribution is 0.0527. The van der Waals surface area contributed by atoms with E-state index in [1.165, 1.54) is 5.57 Å². The average molecular weight is 249 g/mol. The van der Waals surface area contributed by atoms with E-state index in [9.17, 15) is 4.79 Å². The highest BCUT2D eigenvalue weighted by atomic mass is 16.6. The molecule has 0 fully saturated rings. The highest BCUT2D eigenvalue weighted by Crippen LogP contribution is 2.11. The highest BCUT2D eigenvalue weighted by Gasteiger charge is 2.15. The fourth-order valence-electron chi connectivity index (χ4n) is 1.58. The minimum absolute atomic E-state index is 0.337. The van der Waals surface area contributed by atoms with Crippen LogP contribution in [-0.4, -0.2) is 18.2 Å². The minimum Gasteiger partial charge on any atom is -0.444 e. The second-order valence-electron chi connectivity index (χ2n) is 5.34. The Bertz CT molecular complexity index is 359. The normalized spacial score (nSPS) is 16.9. The van der Waals surface area contributed by atoms with Gasteiger partial charge in [-0.3, -0.25) is 0 Å². The van der Waals surface area contributed by atoms with Crippen molar-refractivity contribution in [1.82, 2.24) is 5.32 Å². The lowest BCUT2D eigenvalue weighted by Gasteiger charge is -2.19. The summed E-state index contributed by atoms with van der Waals surface area (Å²) >= 11 is 0. The molecule has 0 aromatic rings. The average Bonchev–Trinajstić information content (AvgIpc) is 2.27. The summed E-state index contributed by atoms with van der Waals surface area (Å²) in [6.45, 7) is 6.23. The molecule has 0 spiro atoms. The van der Waals surface area contributed by atoms with E-state index in [0.717, 1.165) is 19.3 Å². The second kappa shape index (κ2) is 7.04. The van der Waals surface area contributed by atoms with E-state index < -0.39 is 5.60 Å². The first-order valence-electron chi connectivity index (χ1n) is 6.46. The molecular formula is C15H23NO2. The number of allylic oxidation sites excluding steroid dienone is 6. The predicted molar refractivity (Wildman–Crippen MR) is 74.5 cm³/mol. The fraction of sp³-hybridized carbons (Fsp3) is 0.533. The molecule has 0 saturated carbocycles. The van der Waals surface area contributed by atoms with Gasteiger partial charge in [0.1, 0.15) is 5.60 Å². The third-order valence-corrected chi connectivity index (χ3v) is 2.37. The largest absolute Gasteiger partial charge is 0.444 e. The van der Waals surface area contributed by atoms with Crippen LogP contribution in [0.1, 0.15) is 40.0 Å². The number of hydrogen-bond acceptors (Lipinski definition) is 2. The number of hydrogen-bond donors (Lipinski definition) is 1. The van der Waals surface area contributed by atoms with Crippen molar-refractivity contribution in [2.45, 2.75) is 45.6 Å². The molecule has 0 aromatic carbocycles. The molecule has 0 atom stereocenters. The van der Waals surface area contributed by atoms with Crippen molar-refractivity contribution >= 4 is 6.09 Å². The van der Waals surface area contributed by atoms with Crippen LogP contribution in [-0.2, 0) is 4.74 Å². The van der Waals surface area contributed by atoms with Crippen LogP contribution in [0.4, 0.5) is 4.79 Å². The van der Waals surface area contributed by atoms with Crippen molar-refractivity contribution in [2.75, 3.05) is 6.54 Å². The molecule has 100 valence electrons. The summed E-state index contributed by atoms with van der Waals surface area (Å²) < 4.78 is 5.15. The summed E-state index contributed by atoms with van der Waals surface area (Å²) in [5.41, 5.74) is 0.917. The number of ether oxygens (including phenoxy) is 1. The highest BCUT2D eigenvalue weighted by molar-refractivity contribution is 5.67. The molecule has 1 amide bonds. The molecular weight excluding hydrogens is 226 g/mol. The van der Waals surface area contributed by atoms with Crippen LogP contribution in [0.2, 0.25) is 0 Å². The van der Waals surface area contributed by atoms with E-state index in [2.05, 4.69) is 29.6 Å². The topological polar surface area (TPSA) is 38.3 Å². The van der Waals surface area contributed by atoms with Crippen molar-refractivity contribution in [1.29, 1.82) is 0 Å². The number of unbranched alkanes of at least 4 members (excludes halogenated alkanes) is 1. The van der Waals surface area contributed by atoms with Crippen LogP contribution in [0.3, 0.4) is 0 Å². The van der Waals surface area contributed by atoms with Gasteiger partial charge in [-0.25, -0.2) is 4.79 Å². The summed E-state index contributed by atoms with van der Waals surface area (Å²) in [5, 5.41) is 2.75. The Morgan fingerprint density at radius 2 is 2.22 bits per heavy atom. The van der Waals surface area contributed by atoms with E-state index in [-0.39, 0.29) is 6.09 Å². The molecule has 0 heterocycles. The van der Waals surface area contributed by atoms with Gasteiger partial charge in [0.05, 0.1) is 0 Å². The van der Waals surface area contributed by atoms with Gasteiger partial charge in [-0.05, 0) is 45.6 Å². The number of nitrogens with one attached hydrogen (secondary N) is 1. The Morgan fingerprint density at radius 3 is 2.83 bits per heavy atom. The van der Waals surface area contributed by atoms with Gasteiger partial charge in [0, 0.05) is 6.54 Å². The summed E-state index contributed by atoms with van der Waals surface area (Å²) in [6, 6.07) is 0. The van der Waals surface area contributed by atoms with Crippen LogP contribution >= 0.6 is 0 Å². The zero-order chi connectivity index (χ0) is 13.4. The van der Waals surface area contributed by atoms with Crippen molar-refractivity contribution in [3.8, 4) is 0 Å². The van der Waals surface area contributed by atoms with Gasteiger partial charge < -0.3 is 10.1 Å². The molecule has 1 rings (SSSR count). The maximum atomic E-state index is 11.4.